The highest BCUT2D eigenvalue weighted by atomic mass is 32.2. The van der Waals surface area contributed by atoms with Gasteiger partial charge in [0, 0.05) is 29.6 Å². The summed E-state index contributed by atoms with van der Waals surface area (Å²) in [6.45, 7) is 2.63. The average Bonchev–Trinajstić information content (AvgIpc) is 3.10. The summed E-state index contributed by atoms with van der Waals surface area (Å²) in [5.74, 6) is 2.41. The standard InChI is InChI=1S/C14H15N3OS2/c1-11-9-20-14(17-11)12(7-15)8-16-4-6-19-10-13-3-2-5-18-13/h2-3,5,8-9,12H,4,6,10H2,1H3/t12-/m1/s1. The highest BCUT2D eigenvalue weighted by molar-refractivity contribution is 7.98. The third kappa shape index (κ3) is 4.51. The number of nitriles is 1. The molecule has 2 rings (SSSR count). The molecule has 2 heterocycles. The van der Waals surface area contributed by atoms with Gasteiger partial charge in [0.1, 0.15) is 16.7 Å². The van der Waals surface area contributed by atoms with Crippen LogP contribution in [0.3, 0.4) is 0 Å². The molecule has 0 saturated heterocycles. The van der Waals surface area contributed by atoms with Crippen molar-refractivity contribution < 1.29 is 4.42 Å². The zero-order valence-corrected chi connectivity index (χ0v) is 12.8. The second-order valence-corrected chi connectivity index (χ2v) is 6.12. The van der Waals surface area contributed by atoms with Gasteiger partial charge in [-0.1, -0.05) is 0 Å². The van der Waals surface area contributed by atoms with Crippen LogP contribution in [0.15, 0.2) is 33.2 Å². The topological polar surface area (TPSA) is 62.2 Å². The molecule has 0 bridgehead atoms. The van der Waals surface area contributed by atoms with Gasteiger partial charge in [-0.2, -0.15) is 17.0 Å². The van der Waals surface area contributed by atoms with E-state index in [1.165, 1.54) is 11.3 Å². The summed E-state index contributed by atoms with van der Waals surface area (Å²) in [6.07, 6.45) is 3.38. The van der Waals surface area contributed by atoms with Crippen LogP contribution in [0, 0.1) is 18.3 Å². The molecule has 1 atom stereocenters. The first-order valence-electron chi connectivity index (χ1n) is 6.21. The van der Waals surface area contributed by atoms with E-state index in [0.29, 0.717) is 6.54 Å². The molecule has 0 saturated carbocycles. The Morgan fingerprint density at radius 1 is 1.65 bits per heavy atom. The van der Waals surface area contributed by atoms with Gasteiger partial charge >= 0.3 is 0 Å². The SMILES string of the molecule is Cc1csc([C@H](C#N)C=NCCSCc2ccco2)n1. The van der Waals surface area contributed by atoms with E-state index in [-0.39, 0.29) is 5.92 Å². The molecular formula is C14H15N3OS2. The van der Waals surface area contributed by atoms with Gasteiger partial charge in [0.25, 0.3) is 0 Å². The molecule has 0 aromatic carbocycles. The lowest BCUT2D eigenvalue weighted by atomic mass is 10.2. The first kappa shape index (κ1) is 14.8. The zero-order chi connectivity index (χ0) is 14.2. The number of hydrogen-bond acceptors (Lipinski definition) is 6. The Labute approximate surface area is 126 Å². The van der Waals surface area contributed by atoms with Crippen LogP contribution in [0.4, 0.5) is 0 Å². The highest BCUT2D eigenvalue weighted by Crippen LogP contribution is 2.18. The fourth-order valence-electron chi connectivity index (χ4n) is 1.53. The fraction of sp³-hybridized carbons (Fsp3) is 0.357. The Hall–Kier alpha value is -1.58. The molecule has 20 heavy (non-hydrogen) atoms. The normalized spacial score (nSPS) is 12.6. The highest BCUT2D eigenvalue weighted by Gasteiger charge is 2.11. The van der Waals surface area contributed by atoms with Crippen LogP contribution >= 0.6 is 23.1 Å². The molecule has 0 N–H and O–H groups in total. The Kier molecular flexibility index (Phi) is 5.84. The molecule has 0 aliphatic heterocycles. The summed E-state index contributed by atoms with van der Waals surface area (Å²) >= 11 is 3.27. The second kappa shape index (κ2) is 7.88. The number of thiazole rings is 1. The van der Waals surface area contributed by atoms with Crippen LogP contribution < -0.4 is 0 Å². The van der Waals surface area contributed by atoms with Crippen molar-refractivity contribution >= 4 is 29.3 Å². The van der Waals surface area contributed by atoms with Crippen LogP contribution in [0.2, 0.25) is 0 Å². The van der Waals surface area contributed by atoms with Gasteiger partial charge in [-0.05, 0) is 19.1 Å². The molecule has 6 heteroatoms. The van der Waals surface area contributed by atoms with E-state index in [9.17, 15) is 0 Å². The van der Waals surface area contributed by atoms with Crippen LogP contribution in [-0.4, -0.2) is 23.5 Å². The minimum atomic E-state index is -0.330. The molecule has 0 radical (unpaired) electrons. The van der Waals surface area contributed by atoms with Crippen molar-refractivity contribution in [2.45, 2.75) is 18.6 Å². The molecule has 0 spiro atoms. The quantitative estimate of drug-likeness (QED) is 0.578. The molecule has 0 aliphatic rings. The third-order valence-corrected chi connectivity index (χ3v) is 4.49. The summed E-state index contributed by atoms with van der Waals surface area (Å²) in [7, 11) is 0. The van der Waals surface area contributed by atoms with Crippen LogP contribution in [0.5, 0.6) is 0 Å². The van der Waals surface area contributed by atoms with Crippen LogP contribution in [0.25, 0.3) is 0 Å². The Morgan fingerprint density at radius 2 is 2.55 bits per heavy atom. The molecule has 4 nitrogen and oxygen atoms in total. The number of aryl methyl sites for hydroxylation is 1. The lowest BCUT2D eigenvalue weighted by Gasteiger charge is -1.98. The summed E-state index contributed by atoms with van der Waals surface area (Å²) in [6, 6.07) is 6.08. The van der Waals surface area contributed by atoms with Gasteiger partial charge in [-0.25, -0.2) is 4.98 Å². The first-order valence-corrected chi connectivity index (χ1v) is 8.24. The van der Waals surface area contributed by atoms with Crippen LogP contribution in [-0.2, 0) is 5.75 Å². The number of aliphatic imine (C=N–C) groups is 1. The number of rotatable bonds is 7. The smallest absolute Gasteiger partial charge is 0.133 e. The Bertz CT molecular complexity index is 584. The summed E-state index contributed by atoms with van der Waals surface area (Å²) in [5.41, 5.74) is 0.952. The van der Waals surface area contributed by atoms with E-state index in [1.54, 1.807) is 24.2 Å². The van der Waals surface area contributed by atoms with Crippen molar-refractivity contribution in [2.24, 2.45) is 4.99 Å². The van der Waals surface area contributed by atoms with Gasteiger partial charge in [-0.15, -0.1) is 11.3 Å². The van der Waals surface area contributed by atoms with Crippen molar-refractivity contribution in [3.05, 3.63) is 40.2 Å². The second-order valence-electron chi connectivity index (χ2n) is 4.12. The van der Waals surface area contributed by atoms with Crippen LogP contribution in [0.1, 0.15) is 22.4 Å². The maximum absolute atomic E-state index is 9.12. The number of thioether (sulfide) groups is 1. The average molecular weight is 305 g/mol. The largest absolute Gasteiger partial charge is 0.468 e. The van der Waals surface area contributed by atoms with Gasteiger partial charge in [0.15, 0.2) is 0 Å². The van der Waals surface area contributed by atoms with Gasteiger partial charge in [0.2, 0.25) is 0 Å². The summed E-state index contributed by atoms with van der Waals surface area (Å²) in [4.78, 5) is 8.63. The van der Waals surface area contributed by atoms with E-state index in [4.69, 9.17) is 9.68 Å². The van der Waals surface area contributed by atoms with Crippen molar-refractivity contribution in [3.63, 3.8) is 0 Å². The fourth-order valence-corrected chi connectivity index (χ4v) is 3.08. The maximum Gasteiger partial charge on any atom is 0.133 e. The summed E-state index contributed by atoms with van der Waals surface area (Å²) < 4.78 is 5.25. The number of nitrogens with zero attached hydrogens (tertiary/aromatic N) is 3. The van der Waals surface area contributed by atoms with E-state index >= 15 is 0 Å². The predicted octanol–water partition coefficient (Wildman–Crippen LogP) is 3.66. The van der Waals surface area contributed by atoms with Gasteiger partial charge in [-0.3, -0.25) is 4.99 Å². The molecule has 2 aromatic rings. The predicted molar refractivity (Wildman–Crippen MR) is 83.4 cm³/mol. The number of aromatic nitrogens is 1. The van der Waals surface area contributed by atoms with Gasteiger partial charge < -0.3 is 4.42 Å². The maximum atomic E-state index is 9.12. The zero-order valence-electron chi connectivity index (χ0n) is 11.2. The van der Waals surface area contributed by atoms with Crippen molar-refractivity contribution in [2.75, 3.05) is 12.3 Å². The van der Waals surface area contributed by atoms with Crippen molar-refractivity contribution in [1.82, 2.24) is 4.98 Å². The lowest BCUT2D eigenvalue weighted by molar-refractivity contribution is 0.530. The van der Waals surface area contributed by atoms with Crippen molar-refractivity contribution in [1.29, 1.82) is 5.26 Å². The lowest BCUT2D eigenvalue weighted by Crippen LogP contribution is -1.98. The molecular weight excluding hydrogens is 290 g/mol. The third-order valence-electron chi connectivity index (χ3n) is 2.49. The van der Waals surface area contributed by atoms with Crippen molar-refractivity contribution in [3.8, 4) is 6.07 Å². The first-order chi connectivity index (χ1) is 9.79. The monoisotopic (exact) mass is 305 g/mol. The molecule has 0 unspecified atom stereocenters. The Morgan fingerprint density at radius 3 is 3.20 bits per heavy atom. The van der Waals surface area contributed by atoms with Gasteiger partial charge in [0.05, 0.1) is 18.1 Å². The molecule has 0 aliphatic carbocycles. The number of hydrogen-bond donors (Lipinski definition) is 0. The Balaban J connectivity index is 1.71. The summed E-state index contributed by atoms with van der Waals surface area (Å²) in [5, 5.41) is 11.9. The van der Waals surface area contributed by atoms with E-state index in [1.807, 2.05) is 24.4 Å². The number of furan rings is 1. The molecule has 0 fully saturated rings. The minimum absolute atomic E-state index is 0.330. The van der Waals surface area contributed by atoms with E-state index in [0.717, 1.165) is 28.0 Å². The van der Waals surface area contributed by atoms with E-state index in [2.05, 4.69) is 16.0 Å². The molecule has 0 amide bonds. The minimum Gasteiger partial charge on any atom is -0.468 e. The van der Waals surface area contributed by atoms with E-state index < -0.39 is 0 Å². The molecule has 2 aromatic heterocycles. The molecule has 104 valence electrons.